The van der Waals surface area contributed by atoms with Crippen LogP contribution in [0.3, 0.4) is 0 Å². The van der Waals surface area contributed by atoms with Crippen molar-refractivity contribution < 1.29 is 9.26 Å². The van der Waals surface area contributed by atoms with Gasteiger partial charge in [-0.05, 0) is 52.2 Å². The number of anilines is 1. The lowest BCUT2D eigenvalue weighted by Crippen LogP contribution is -2.44. The van der Waals surface area contributed by atoms with Gasteiger partial charge in [0.15, 0.2) is 5.96 Å². The molecule has 1 saturated heterocycles. The molecule has 0 saturated carbocycles. The first-order valence-corrected chi connectivity index (χ1v) is 10.5. The van der Waals surface area contributed by atoms with Crippen LogP contribution in [0.1, 0.15) is 36.8 Å². The molecule has 0 bridgehead atoms. The standard InChI is InChI=1S/C22H33N5O2/c1-5-23-22(24-13-8-9-19-16(2)26-29-17(19)3)25-18-12-14-27(15-18)20-10-6-7-11-21(20)28-4/h6-7,10-11,18H,5,8-9,12-15H2,1-4H3,(H2,23,24,25). The number of ether oxygens (including phenoxy) is 1. The van der Waals surface area contributed by atoms with Crippen molar-refractivity contribution in [1.82, 2.24) is 15.8 Å². The summed E-state index contributed by atoms with van der Waals surface area (Å²) in [6.45, 7) is 9.61. The number of guanidine groups is 1. The molecule has 29 heavy (non-hydrogen) atoms. The maximum atomic E-state index is 5.52. The monoisotopic (exact) mass is 399 g/mol. The third kappa shape index (κ3) is 5.43. The maximum Gasteiger partial charge on any atom is 0.191 e. The number of rotatable bonds is 8. The molecule has 2 aromatic rings. The van der Waals surface area contributed by atoms with Crippen LogP contribution in [0.2, 0.25) is 0 Å². The molecule has 0 amide bonds. The second-order valence-corrected chi connectivity index (χ2v) is 7.41. The van der Waals surface area contributed by atoms with Gasteiger partial charge in [0.2, 0.25) is 0 Å². The molecule has 3 rings (SSSR count). The second-order valence-electron chi connectivity index (χ2n) is 7.41. The molecule has 158 valence electrons. The number of aliphatic imine (C=N–C) groups is 1. The first-order chi connectivity index (χ1) is 14.1. The number of hydrogen-bond donors (Lipinski definition) is 2. The van der Waals surface area contributed by atoms with Gasteiger partial charge in [0.25, 0.3) is 0 Å². The quantitative estimate of drug-likeness (QED) is 0.404. The van der Waals surface area contributed by atoms with Gasteiger partial charge in [-0.25, -0.2) is 0 Å². The fourth-order valence-corrected chi connectivity index (χ4v) is 3.81. The van der Waals surface area contributed by atoms with Gasteiger partial charge >= 0.3 is 0 Å². The van der Waals surface area contributed by atoms with E-state index in [1.165, 1.54) is 5.56 Å². The van der Waals surface area contributed by atoms with Gasteiger partial charge in [0.05, 0.1) is 18.5 Å². The number of aryl methyl sites for hydroxylation is 2. The summed E-state index contributed by atoms with van der Waals surface area (Å²) in [5.74, 6) is 2.73. The minimum Gasteiger partial charge on any atom is -0.495 e. The molecule has 0 radical (unpaired) electrons. The van der Waals surface area contributed by atoms with Crippen LogP contribution in [0.15, 0.2) is 33.8 Å². The summed E-state index contributed by atoms with van der Waals surface area (Å²) in [6, 6.07) is 8.56. The van der Waals surface area contributed by atoms with Crippen molar-refractivity contribution in [2.24, 2.45) is 4.99 Å². The van der Waals surface area contributed by atoms with E-state index in [9.17, 15) is 0 Å². The summed E-state index contributed by atoms with van der Waals surface area (Å²) in [6.07, 6.45) is 2.98. The summed E-state index contributed by atoms with van der Waals surface area (Å²) in [7, 11) is 1.73. The first kappa shape index (κ1) is 21.0. The molecule has 1 atom stereocenters. The van der Waals surface area contributed by atoms with E-state index >= 15 is 0 Å². The van der Waals surface area contributed by atoms with Crippen molar-refractivity contribution in [1.29, 1.82) is 0 Å². The van der Waals surface area contributed by atoms with E-state index in [0.29, 0.717) is 6.04 Å². The predicted octanol–water partition coefficient (Wildman–Crippen LogP) is 3.07. The minimum atomic E-state index is 0.361. The highest BCUT2D eigenvalue weighted by Crippen LogP contribution is 2.30. The molecule has 1 aliphatic rings. The molecule has 2 N–H and O–H groups in total. The number of aromatic nitrogens is 1. The molecule has 1 aromatic heterocycles. The Labute approximate surface area is 173 Å². The molecule has 7 heteroatoms. The maximum absolute atomic E-state index is 5.52. The SMILES string of the molecule is CCNC(=NCCCc1c(C)noc1C)NC1CCN(c2ccccc2OC)C1. The molecular weight excluding hydrogens is 366 g/mol. The lowest BCUT2D eigenvalue weighted by Gasteiger charge is -2.22. The highest BCUT2D eigenvalue weighted by molar-refractivity contribution is 5.80. The summed E-state index contributed by atoms with van der Waals surface area (Å²) < 4.78 is 10.8. The highest BCUT2D eigenvalue weighted by Gasteiger charge is 2.25. The van der Waals surface area contributed by atoms with Gasteiger partial charge in [-0.2, -0.15) is 0 Å². The van der Waals surface area contributed by atoms with Crippen LogP contribution in [-0.2, 0) is 6.42 Å². The normalized spacial score (nSPS) is 16.9. The number of nitrogens with zero attached hydrogens (tertiary/aromatic N) is 3. The Morgan fingerprint density at radius 3 is 2.90 bits per heavy atom. The van der Waals surface area contributed by atoms with Gasteiger partial charge < -0.3 is 24.8 Å². The lowest BCUT2D eigenvalue weighted by atomic mass is 10.1. The van der Waals surface area contributed by atoms with E-state index in [4.69, 9.17) is 14.3 Å². The Bertz CT molecular complexity index is 798. The summed E-state index contributed by atoms with van der Waals surface area (Å²) in [5.41, 5.74) is 3.35. The van der Waals surface area contributed by atoms with Crippen molar-refractivity contribution in [3.63, 3.8) is 0 Å². The van der Waals surface area contributed by atoms with Gasteiger partial charge in [0, 0.05) is 37.8 Å². The average molecular weight is 400 g/mol. The van der Waals surface area contributed by atoms with E-state index in [0.717, 1.165) is 74.3 Å². The number of nitrogens with one attached hydrogen (secondary N) is 2. The third-order valence-electron chi connectivity index (χ3n) is 5.34. The molecule has 1 aliphatic heterocycles. The molecule has 7 nitrogen and oxygen atoms in total. The lowest BCUT2D eigenvalue weighted by molar-refractivity contribution is 0.392. The van der Waals surface area contributed by atoms with Gasteiger partial charge in [0.1, 0.15) is 11.5 Å². The van der Waals surface area contributed by atoms with Crippen LogP contribution in [0, 0.1) is 13.8 Å². The van der Waals surface area contributed by atoms with E-state index in [1.807, 2.05) is 26.0 Å². The molecule has 0 spiro atoms. The van der Waals surface area contributed by atoms with Gasteiger partial charge in [-0.1, -0.05) is 17.3 Å². The van der Waals surface area contributed by atoms with E-state index in [1.54, 1.807) is 7.11 Å². The zero-order valence-corrected chi connectivity index (χ0v) is 18.0. The molecule has 1 fully saturated rings. The van der Waals surface area contributed by atoms with Crippen LogP contribution in [0.5, 0.6) is 5.75 Å². The largest absolute Gasteiger partial charge is 0.495 e. The number of hydrogen-bond acceptors (Lipinski definition) is 5. The highest BCUT2D eigenvalue weighted by atomic mass is 16.5. The molecule has 1 unspecified atom stereocenters. The van der Waals surface area contributed by atoms with E-state index in [-0.39, 0.29) is 0 Å². The Hall–Kier alpha value is -2.70. The molecule has 1 aromatic carbocycles. The first-order valence-electron chi connectivity index (χ1n) is 10.5. The van der Waals surface area contributed by atoms with Crippen LogP contribution in [-0.4, -0.2) is 50.4 Å². The smallest absolute Gasteiger partial charge is 0.191 e. The predicted molar refractivity (Wildman–Crippen MR) is 117 cm³/mol. The summed E-state index contributed by atoms with van der Waals surface area (Å²) in [5, 5.41) is 11.0. The summed E-state index contributed by atoms with van der Waals surface area (Å²) >= 11 is 0. The number of benzene rings is 1. The van der Waals surface area contributed by atoms with Crippen molar-refractivity contribution in [2.45, 2.75) is 46.1 Å². The van der Waals surface area contributed by atoms with Crippen molar-refractivity contribution in [3.05, 3.63) is 41.3 Å². The van der Waals surface area contributed by atoms with Crippen LogP contribution < -0.4 is 20.3 Å². The second kappa shape index (κ2) is 10.2. The number of methoxy groups -OCH3 is 1. The Morgan fingerprint density at radius 1 is 1.34 bits per heavy atom. The fraction of sp³-hybridized carbons (Fsp3) is 0.545. The van der Waals surface area contributed by atoms with E-state index in [2.05, 4.69) is 39.7 Å². The van der Waals surface area contributed by atoms with Crippen molar-refractivity contribution in [2.75, 3.05) is 38.2 Å². The zero-order chi connectivity index (χ0) is 20.6. The van der Waals surface area contributed by atoms with Gasteiger partial charge in [-0.3, -0.25) is 4.99 Å². The van der Waals surface area contributed by atoms with Crippen molar-refractivity contribution >= 4 is 11.6 Å². The Morgan fingerprint density at radius 2 is 2.17 bits per heavy atom. The molecule has 2 heterocycles. The Kier molecular flexibility index (Phi) is 7.38. The Balaban J connectivity index is 1.53. The van der Waals surface area contributed by atoms with Crippen LogP contribution in [0.4, 0.5) is 5.69 Å². The molecule has 0 aliphatic carbocycles. The summed E-state index contributed by atoms with van der Waals surface area (Å²) in [4.78, 5) is 7.14. The van der Waals surface area contributed by atoms with Crippen LogP contribution >= 0.6 is 0 Å². The number of para-hydroxylation sites is 2. The average Bonchev–Trinajstić information content (AvgIpc) is 3.32. The third-order valence-corrected chi connectivity index (χ3v) is 5.34. The fourth-order valence-electron chi connectivity index (χ4n) is 3.81. The topological polar surface area (TPSA) is 74.9 Å². The van der Waals surface area contributed by atoms with Crippen molar-refractivity contribution in [3.8, 4) is 5.75 Å². The van der Waals surface area contributed by atoms with E-state index < -0.39 is 0 Å². The minimum absolute atomic E-state index is 0.361. The zero-order valence-electron chi connectivity index (χ0n) is 18.0. The molecular formula is C22H33N5O2. The van der Waals surface area contributed by atoms with Crippen LogP contribution in [0.25, 0.3) is 0 Å². The van der Waals surface area contributed by atoms with Gasteiger partial charge in [-0.15, -0.1) is 0 Å².